The van der Waals surface area contributed by atoms with Crippen molar-refractivity contribution in [2.45, 2.75) is 25.9 Å². The van der Waals surface area contributed by atoms with Gasteiger partial charge in [0.15, 0.2) is 16.7 Å². The van der Waals surface area contributed by atoms with Gasteiger partial charge >= 0.3 is 0 Å². The number of nitrogens with one attached hydrogen (secondary N) is 1. The Morgan fingerprint density at radius 3 is 2.49 bits per heavy atom. The first kappa shape index (κ1) is 26.5. The second-order valence-corrected chi connectivity index (χ2v) is 10.2. The molecule has 0 spiro atoms. The van der Waals surface area contributed by atoms with E-state index >= 15 is 0 Å². The molecule has 200 valence electrons. The van der Waals surface area contributed by atoms with E-state index in [1.165, 1.54) is 30.3 Å². The number of benzene rings is 3. The van der Waals surface area contributed by atoms with Crippen LogP contribution in [0.4, 0.5) is 10.1 Å². The Morgan fingerprint density at radius 2 is 1.77 bits per heavy atom. The SMILES string of the molecule is COc1cc(/C=C2\SC(=Nc3ccc(F)cc3)NC2=O)ccc1OCc1ccc(C(=O)N2CCCCC2)cc1. The summed E-state index contributed by atoms with van der Waals surface area (Å²) >= 11 is 1.21. The lowest BCUT2D eigenvalue weighted by molar-refractivity contribution is -0.115. The smallest absolute Gasteiger partial charge is 0.264 e. The highest BCUT2D eigenvalue weighted by Crippen LogP contribution is 2.33. The molecule has 0 saturated carbocycles. The minimum atomic E-state index is -0.346. The summed E-state index contributed by atoms with van der Waals surface area (Å²) in [7, 11) is 1.56. The Kier molecular flexibility index (Phi) is 8.27. The largest absolute Gasteiger partial charge is 0.493 e. The van der Waals surface area contributed by atoms with Crippen LogP contribution in [0.2, 0.25) is 0 Å². The third-order valence-corrected chi connectivity index (χ3v) is 7.34. The molecule has 0 unspecified atom stereocenters. The summed E-state index contributed by atoms with van der Waals surface area (Å²) in [5, 5.41) is 3.15. The van der Waals surface area contributed by atoms with Gasteiger partial charge in [-0.2, -0.15) is 0 Å². The van der Waals surface area contributed by atoms with Gasteiger partial charge in [0.25, 0.3) is 11.8 Å². The Labute approximate surface area is 230 Å². The Bertz CT molecular complexity index is 1420. The molecule has 2 fully saturated rings. The van der Waals surface area contributed by atoms with Crippen molar-refractivity contribution in [3.63, 3.8) is 0 Å². The Morgan fingerprint density at radius 1 is 1.03 bits per heavy atom. The molecule has 3 aromatic rings. The first-order valence-corrected chi connectivity index (χ1v) is 13.5. The zero-order valence-corrected chi connectivity index (χ0v) is 22.3. The number of rotatable bonds is 7. The molecule has 39 heavy (non-hydrogen) atoms. The van der Waals surface area contributed by atoms with Crippen LogP contribution in [0.15, 0.2) is 76.6 Å². The minimum absolute atomic E-state index is 0.0801. The van der Waals surface area contributed by atoms with Crippen LogP contribution in [0.25, 0.3) is 6.08 Å². The molecule has 7 nitrogen and oxygen atoms in total. The van der Waals surface area contributed by atoms with Gasteiger partial charge in [-0.25, -0.2) is 9.38 Å². The number of amidine groups is 1. The quantitative estimate of drug-likeness (QED) is 0.372. The van der Waals surface area contributed by atoms with Gasteiger partial charge in [-0.3, -0.25) is 9.59 Å². The maximum absolute atomic E-state index is 13.1. The second kappa shape index (κ2) is 12.2. The van der Waals surface area contributed by atoms with Crippen molar-refractivity contribution in [2.75, 3.05) is 20.2 Å². The van der Waals surface area contributed by atoms with Gasteiger partial charge in [0.2, 0.25) is 0 Å². The molecule has 2 aliphatic heterocycles. The fourth-order valence-electron chi connectivity index (χ4n) is 4.34. The molecule has 0 aliphatic carbocycles. The third-order valence-electron chi connectivity index (χ3n) is 6.43. The Balaban J connectivity index is 1.22. The van der Waals surface area contributed by atoms with Gasteiger partial charge < -0.3 is 19.7 Å². The second-order valence-electron chi connectivity index (χ2n) is 9.21. The highest BCUT2D eigenvalue weighted by molar-refractivity contribution is 8.18. The van der Waals surface area contributed by atoms with E-state index in [1.54, 1.807) is 37.5 Å². The average Bonchev–Trinajstić information content (AvgIpc) is 3.31. The number of methoxy groups -OCH3 is 1. The van der Waals surface area contributed by atoms with Gasteiger partial charge in [0.1, 0.15) is 12.4 Å². The maximum Gasteiger partial charge on any atom is 0.264 e. The molecule has 2 amide bonds. The van der Waals surface area contributed by atoms with Gasteiger partial charge in [-0.15, -0.1) is 0 Å². The van der Waals surface area contributed by atoms with Gasteiger partial charge in [0.05, 0.1) is 17.7 Å². The molecule has 0 aromatic heterocycles. The van der Waals surface area contributed by atoms with E-state index in [-0.39, 0.29) is 17.6 Å². The number of piperidine rings is 1. The first-order chi connectivity index (χ1) is 19.0. The van der Waals surface area contributed by atoms with Gasteiger partial charge in [0, 0.05) is 18.7 Å². The highest BCUT2D eigenvalue weighted by Gasteiger charge is 2.24. The summed E-state index contributed by atoms with van der Waals surface area (Å²) in [4.78, 5) is 31.9. The minimum Gasteiger partial charge on any atom is -0.493 e. The normalized spacial score (nSPS) is 17.4. The van der Waals surface area contributed by atoms with Crippen LogP contribution in [-0.4, -0.2) is 42.1 Å². The maximum atomic E-state index is 13.1. The van der Waals surface area contributed by atoms with Crippen molar-refractivity contribution in [3.8, 4) is 11.5 Å². The number of carbonyl (C=O) groups excluding carboxylic acids is 2. The van der Waals surface area contributed by atoms with Crippen molar-refractivity contribution in [1.82, 2.24) is 10.2 Å². The number of hydrogen-bond donors (Lipinski definition) is 1. The van der Waals surface area contributed by atoms with Crippen LogP contribution in [0, 0.1) is 5.82 Å². The van der Waals surface area contributed by atoms with Crippen molar-refractivity contribution >= 4 is 40.5 Å². The molecule has 2 heterocycles. The summed E-state index contributed by atoms with van der Waals surface area (Å²) in [5.74, 6) is 0.570. The molecule has 0 bridgehead atoms. The number of likely N-dealkylation sites (tertiary alicyclic amines) is 1. The lowest BCUT2D eigenvalue weighted by Gasteiger charge is -2.26. The molecule has 2 saturated heterocycles. The number of amides is 2. The highest BCUT2D eigenvalue weighted by atomic mass is 32.2. The fraction of sp³-hybridized carbons (Fsp3) is 0.233. The molecular weight excluding hydrogens is 517 g/mol. The molecule has 5 rings (SSSR count). The zero-order chi connectivity index (χ0) is 27.2. The topological polar surface area (TPSA) is 80.2 Å². The van der Waals surface area contributed by atoms with E-state index in [2.05, 4.69) is 10.3 Å². The molecule has 2 aliphatic rings. The van der Waals surface area contributed by atoms with E-state index in [1.807, 2.05) is 35.2 Å². The number of thioether (sulfide) groups is 1. The summed E-state index contributed by atoms with van der Waals surface area (Å²) < 4.78 is 24.7. The number of hydrogen-bond acceptors (Lipinski definition) is 6. The molecule has 3 aromatic carbocycles. The van der Waals surface area contributed by atoms with Crippen molar-refractivity contribution in [2.24, 2.45) is 4.99 Å². The van der Waals surface area contributed by atoms with E-state index in [0.717, 1.165) is 37.1 Å². The Hall–Kier alpha value is -4.11. The number of nitrogens with zero attached hydrogens (tertiary/aromatic N) is 2. The number of carbonyl (C=O) groups is 2. The molecule has 9 heteroatoms. The van der Waals surface area contributed by atoms with Crippen LogP contribution in [0.3, 0.4) is 0 Å². The molecular formula is C30H28FN3O4S. The zero-order valence-electron chi connectivity index (χ0n) is 21.5. The summed E-state index contributed by atoms with van der Waals surface area (Å²) in [6, 6.07) is 18.7. The summed E-state index contributed by atoms with van der Waals surface area (Å²) in [5.41, 5.74) is 2.94. The van der Waals surface area contributed by atoms with Crippen LogP contribution >= 0.6 is 11.8 Å². The summed E-state index contributed by atoms with van der Waals surface area (Å²) in [6.07, 6.45) is 5.06. The van der Waals surface area contributed by atoms with Crippen molar-refractivity contribution in [3.05, 3.63) is 94.1 Å². The third kappa shape index (κ3) is 6.67. The van der Waals surface area contributed by atoms with Crippen LogP contribution in [0.1, 0.15) is 40.7 Å². The number of ether oxygens (including phenoxy) is 2. The van der Waals surface area contributed by atoms with Crippen LogP contribution < -0.4 is 14.8 Å². The summed E-state index contributed by atoms with van der Waals surface area (Å²) in [6.45, 7) is 1.96. The monoisotopic (exact) mass is 545 g/mol. The number of halogens is 1. The standard InChI is InChI=1S/C30H28FN3O4S/c1-37-26-17-21(18-27-28(35)33-30(39-27)32-24-12-10-23(31)11-13-24)7-14-25(26)38-19-20-5-8-22(9-6-20)29(36)34-15-3-2-4-16-34/h5-14,17-18H,2-4,15-16,19H2,1H3,(H,32,33,35)/b27-18-. The lowest BCUT2D eigenvalue weighted by Crippen LogP contribution is -2.35. The van der Waals surface area contributed by atoms with E-state index < -0.39 is 0 Å². The van der Waals surface area contributed by atoms with Crippen LogP contribution in [0.5, 0.6) is 11.5 Å². The van der Waals surface area contributed by atoms with E-state index in [9.17, 15) is 14.0 Å². The molecule has 0 atom stereocenters. The molecule has 1 N–H and O–H groups in total. The predicted octanol–water partition coefficient (Wildman–Crippen LogP) is 5.93. The lowest BCUT2D eigenvalue weighted by atomic mass is 10.1. The van der Waals surface area contributed by atoms with Gasteiger partial charge in [-0.1, -0.05) is 18.2 Å². The van der Waals surface area contributed by atoms with E-state index in [4.69, 9.17) is 9.47 Å². The van der Waals surface area contributed by atoms with Gasteiger partial charge in [-0.05, 0) is 96.8 Å². The fourth-order valence-corrected chi connectivity index (χ4v) is 5.18. The van der Waals surface area contributed by atoms with E-state index in [0.29, 0.717) is 39.4 Å². The predicted molar refractivity (Wildman–Crippen MR) is 151 cm³/mol. The van der Waals surface area contributed by atoms with Crippen molar-refractivity contribution in [1.29, 1.82) is 0 Å². The average molecular weight is 546 g/mol. The first-order valence-electron chi connectivity index (χ1n) is 12.7. The van der Waals surface area contributed by atoms with Crippen LogP contribution in [-0.2, 0) is 11.4 Å². The van der Waals surface area contributed by atoms with Crippen molar-refractivity contribution < 1.29 is 23.5 Å². The molecule has 0 radical (unpaired) electrons. The number of aliphatic imine (C=N–C) groups is 1.